The highest BCUT2D eigenvalue weighted by Gasteiger charge is 2.41. The Morgan fingerprint density at radius 2 is 1.60 bits per heavy atom. The number of nitrogens with zero attached hydrogens (tertiary/aromatic N) is 5. The smallest absolute Gasteiger partial charge is 0.256 e. The van der Waals surface area contributed by atoms with Crippen molar-refractivity contribution >= 4 is 39.4 Å². The van der Waals surface area contributed by atoms with E-state index in [0.29, 0.717) is 36.0 Å². The van der Waals surface area contributed by atoms with Crippen LogP contribution in [0.2, 0.25) is 0 Å². The van der Waals surface area contributed by atoms with Gasteiger partial charge in [-0.05, 0) is 75.1 Å². The van der Waals surface area contributed by atoms with Crippen molar-refractivity contribution in [2.24, 2.45) is 4.99 Å². The molecular formula is C37H43N5O4S. The molecule has 246 valence electrons. The van der Waals surface area contributed by atoms with E-state index in [1.54, 1.807) is 24.5 Å². The van der Waals surface area contributed by atoms with E-state index in [9.17, 15) is 4.79 Å². The van der Waals surface area contributed by atoms with Gasteiger partial charge in [-0.2, -0.15) is 0 Å². The van der Waals surface area contributed by atoms with Gasteiger partial charge in [-0.15, -0.1) is 11.3 Å². The van der Waals surface area contributed by atoms with Gasteiger partial charge < -0.3 is 28.9 Å². The van der Waals surface area contributed by atoms with E-state index in [0.717, 1.165) is 93.3 Å². The first kappa shape index (κ1) is 31.6. The van der Waals surface area contributed by atoms with Crippen LogP contribution in [-0.4, -0.2) is 103 Å². The van der Waals surface area contributed by atoms with Gasteiger partial charge in [0.15, 0.2) is 11.5 Å². The number of thiazole rings is 1. The van der Waals surface area contributed by atoms with Gasteiger partial charge in [0.2, 0.25) is 0 Å². The number of amides is 1. The second-order valence-corrected chi connectivity index (χ2v) is 13.8. The van der Waals surface area contributed by atoms with Crippen molar-refractivity contribution in [1.82, 2.24) is 19.7 Å². The second kappa shape index (κ2) is 14.0. The fourth-order valence-corrected chi connectivity index (χ4v) is 7.75. The van der Waals surface area contributed by atoms with Crippen molar-refractivity contribution in [3.05, 3.63) is 66.2 Å². The Hall–Kier alpha value is -3.99. The van der Waals surface area contributed by atoms with Gasteiger partial charge in [-0.1, -0.05) is 12.1 Å². The third-order valence-corrected chi connectivity index (χ3v) is 10.6. The highest BCUT2D eigenvalue weighted by molar-refractivity contribution is 7.21. The highest BCUT2D eigenvalue weighted by Crippen LogP contribution is 2.40. The summed E-state index contributed by atoms with van der Waals surface area (Å²) in [5, 5.41) is 1.04. The zero-order chi connectivity index (χ0) is 32.2. The molecule has 0 radical (unpaired) electrons. The molecule has 0 unspecified atom stereocenters. The number of benzene rings is 3. The number of carbonyl (C=O) groups excluding carboxylic acids is 1. The molecule has 7 rings (SSSR count). The molecule has 10 heteroatoms. The molecule has 3 aliphatic heterocycles. The van der Waals surface area contributed by atoms with Crippen molar-refractivity contribution in [1.29, 1.82) is 0 Å². The predicted octanol–water partition coefficient (Wildman–Crippen LogP) is 6.54. The minimum atomic E-state index is -0.325. The zero-order valence-corrected chi connectivity index (χ0v) is 28.1. The molecule has 3 aromatic carbocycles. The van der Waals surface area contributed by atoms with Gasteiger partial charge in [-0.25, -0.2) is 4.98 Å². The van der Waals surface area contributed by atoms with Crippen LogP contribution in [0.15, 0.2) is 65.7 Å². The maximum Gasteiger partial charge on any atom is 0.256 e. The largest absolute Gasteiger partial charge is 0.494 e. The second-order valence-electron chi connectivity index (χ2n) is 12.8. The average Bonchev–Trinajstić information content (AvgIpc) is 3.70. The fourth-order valence-electron chi connectivity index (χ4n) is 6.78. The summed E-state index contributed by atoms with van der Waals surface area (Å²) in [6, 6.07) is 20.2. The summed E-state index contributed by atoms with van der Waals surface area (Å²) in [5.74, 6) is 2.13. The average molecular weight is 654 g/mol. The minimum absolute atomic E-state index is 0.0146. The number of para-hydroxylation sites is 1. The van der Waals surface area contributed by atoms with Gasteiger partial charge in [0.1, 0.15) is 10.8 Å². The van der Waals surface area contributed by atoms with E-state index in [1.165, 1.54) is 4.70 Å². The van der Waals surface area contributed by atoms with E-state index in [1.807, 2.05) is 35.4 Å². The Labute approximate surface area is 280 Å². The van der Waals surface area contributed by atoms with Gasteiger partial charge in [0.25, 0.3) is 5.91 Å². The monoisotopic (exact) mass is 653 g/mol. The van der Waals surface area contributed by atoms with Crippen LogP contribution >= 0.6 is 11.3 Å². The summed E-state index contributed by atoms with van der Waals surface area (Å²) < 4.78 is 19.0. The third kappa shape index (κ3) is 7.00. The number of hydrogen-bond acceptors (Lipinski definition) is 9. The van der Waals surface area contributed by atoms with Crippen molar-refractivity contribution in [3.8, 4) is 27.8 Å². The lowest BCUT2D eigenvalue weighted by molar-refractivity contribution is 0.0712. The molecule has 0 saturated carbocycles. The van der Waals surface area contributed by atoms with E-state index in [2.05, 4.69) is 47.1 Å². The number of rotatable bonds is 12. The Morgan fingerprint density at radius 3 is 2.32 bits per heavy atom. The van der Waals surface area contributed by atoms with E-state index < -0.39 is 0 Å². The molecule has 0 N–H and O–H groups in total. The van der Waals surface area contributed by atoms with E-state index in [4.69, 9.17) is 24.2 Å². The molecule has 4 heterocycles. The molecule has 3 aliphatic rings. The Balaban J connectivity index is 0.807. The number of ether oxygens (including phenoxy) is 3. The van der Waals surface area contributed by atoms with Gasteiger partial charge >= 0.3 is 0 Å². The molecular weight excluding hydrogens is 611 g/mol. The Kier molecular flexibility index (Phi) is 9.42. The maximum atomic E-state index is 13.3. The van der Waals surface area contributed by atoms with Crippen LogP contribution in [0, 0.1) is 0 Å². The molecule has 4 aromatic rings. The van der Waals surface area contributed by atoms with E-state index in [-0.39, 0.29) is 11.4 Å². The molecule has 0 spiro atoms. The first-order valence-electron chi connectivity index (χ1n) is 16.7. The van der Waals surface area contributed by atoms with Gasteiger partial charge in [0, 0.05) is 63.7 Å². The summed E-state index contributed by atoms with van der Waals surface area (Å²) in [5.41, 5.74) is 3.08. The molecule has 47 heavy (non-hydrogen) atoms. The van der Waals surface area contributed by atoms with Crippen LogP contribution in [0.4, 0.5) is 5.69 Å². The third-order valence-electron chi connectivity index (χ3n) is 9.54. The topological polar surface area (TPSA) is 79.7 Å². The van der Waals surface area contributed by atoms with Gasteiger partial charge in [-0.3, -0.25) is 9.79 Å². The van der Waals surface area contributed by atoms with Crippen molar-refractivity contribution in [2.75, 3.05) is 66.1 Å². The summed E-state index contributed by atoms with van der Waals surface area (Å²) in [6.07, 6.45) is 5.77. The first-order chi connectivity index (χ1) is 23.0. The number of hydrogen-bond donors (Lipinski definition) is 0. The number of fused-ring (bicyclic) bond motifs is 3. The minimum Gasteiger partial charge on any atom is -0.494 e. The first-order valence-corrected chi connectivity index (χ1v) is 17.6. The predicted molar refractivity (Wildman–Crippen MR) is 188 cm³/mol. The SMILES string of the molecule is COc1cc2c(cc1OCCCN1CCN(CCCOc3ccc(-c4nc5ccccc5s4)cc3)CC1)N=C[C@]1(C)CCCN1C2=O. The summed E-state index contributed by atoms with van der Waals surface area (Å²) in [7, 11) is 1.62. The van der Waals surface area contributed by atoms with Crippen molar-refractivity contribution in [3.63, 3.8) is 0 Å². The molecule has 1 atom stereocenters. The number of aliphatic imine (C=N–C) groups is 1. The van der Waals surface area contributed by atoms with Crippen LogP contribution in [0.5, 0.6) is 17.2 Å². The van der Waals surface area contributed by atoms with Crippen LogP contribution in [0.25, 0.3) is 20.8 Å². The number of carbonyl (C=O) groups is 1. The molecule has 1 amide bonds. The summed E-state index contributed by atoms with van der Waals surface area (Å²) in [6.45, 7) is 10.4. The molecule has 1 aromatic heterocycles. The molecule has 2 saturated heterocycles. The maximum absolute atomic E-state index is 13.3. The molecule has 9 nitrogen and oxygen atoms in total. The van der Waals surface area contributed by atoms with Crippen LogP contribution in [0.3, 0.4) is 0 Å². The standard InChI is InChI=1S/C37H43N5O4S/c1-37-14-5-17-42(37)36(43)29-24-32(44-2)33(25-31(29)38-26-37)46-23-7-16-41-20-18-40(19-21-41)15-6-22-45-28-12-10-27(11-13-28)35-39-30-8-3-4-9-34(30)47-35/h3-4,8-13,24-26H,5-7,14-23H2,1-2H3/t37-/m0/s1. The number of methoxy groups -OCH3 is 1. The molecule has 0 bridgehead atoms. The van der Waals surface area contributed by atoms with Crippen LogP contribution in [0.1, 0.15) is 43.0 Å². The normalized spacial score (nSPS) is 19.9. The zero-order valence-electron chi connectivity index (χ0n) is 27.3. The quantitative estimate of drug-likeness (QED) is 0.161. The van der Waals surface area contributed by atoms with Crippen molar-refractivity contribution < 1.29 is 19.0 Å². The van der Waals surface area contributed by atoms with E-state index >= 15 is 0 Å². The highest BCUT2D eigenvalue weighted by atomic mass is 32.1. The lowest BCUT2D eigenvalue weighted by Crippen LogP contribution is -2.47. The van der Waals surface area contributed by atoms with Gasteiger partial charge in [0.05, 0.1) is 47.3 Å². The fraction of sp³-hybridized carbons (Fsp3) is 0.432. The molecule has 2 fully saturated rings. The lowest BCUT2D eigenvalue weighted by atomic mass is 10.0. The van der Waals surface area contributed by atoms with Crippen LogP contribution in [-0.2, 0) is 0 Å². The molecule has 0 aliphatic carbocycles. The Morgan fingerprint density at radius 1 is 0.872 bits per heavy atom. The van der Waals surface area contributed by atoms with Crippen molar-refractivity contribution in [2.45, 2.75) is 38.1 Å². The number of piperazine rings is 1. The summed E-state index contributed by atoms with van der Waals surface area (Å²) in [4.78, 5) is 29.7. The summed E-state index contributed by atoms with van der Waals surface area (Å²) >= 11 is 1.72. The Bertz CT molecular complexity index is 1700. The lowest BCUT2D eigenvalue weighted by Gasteiger charge is -2.34. The number of aromatic nitrogens is 1. The van der Waals surface area contributed by atoms with Crippen LogP contribution < -0.4 is 14.2 Å².